The number of rotatable bonds is 4. The summed E-state index contributed by atoms with van der Waals surface area (Å²) < 4.78 is 0.699. The van der Waals surface area contributed by atoms with E-state index in [9.17, 15) is 10.0 Å². The Kier molecular flexibility index (Phi) is 4.08. The van der Waals surface area contributed by atoms with Crippen LogP contribution in [0.25, 0.3) is 0 Å². The van der Waals surface area contributed by atoms with E-state index in [-0.39, 0.29) is 5.78 Å². The third-order valence-corrected chi connectivity index (χ3v) is 2.90. The van der Waals surface area contributed by atoms with Crippen molar-refractivity contribution in [3.8, 4) is 0 Å². The van der Waals surface area contributed by atoms with Crippen molar-refractivity contribution in [3.05, 3.63) is 77.0 Å². The van der Waals surface area contributed by atoms with E-state index in [4.69, 9.17) is 0 Å². The number of hydrogen-bond donors (Lipinski definition) is 0. The highest BCUT2D eigenvalue weighted by Gasteiger charge is 2.21. The highest BCUT2D eigenvalue weighted by atomic mass is 16.5. The Labute approximate surface area is 112 Å². The van der Waals surface area contributed by atoms with Crippen LogP contribution in [0, 0.1) is 5.21 Å². The zero-order valence-corrected chi connectivity index (χ0v) is 10.7. The van der Waals surface area contributed by atoms with Crippen molar-refractivity contribution in [3.63, 3.8) is 0 Å². The van der Waals surface area contributed by atoms with E-state index in [1.165, 1.54) is 6.21 Å². The quantitative estimate of drug-likeness (QED) is 0.276. The number of carbonyl (C=O) groups excluding carboxylic acids is 1. The smallest absolute Gasteiger partial charge is 0.231 e. The number of ketones is 1. The molecule has 96 valence electrons. The standard InChI is InChI=1S/C16H15NO2/c1-13(16(18)15-10-6-3-7-11-15)17(19)12-14-8-4-2-5-9-14/h2-13H,1H3/b17-12+. The molecule has 0 saturated carbocycles. The minimum absolute atomic E-state index is 0.178. The molecule has 1 atom stereocenters. The predicted octanol–water partition coefficient (Wildman–Crippen LogP) is 2.89. The predicted molar refractivity (Wildman–Crippen MR) is 75.5 cm³/mol. The van der Waals surface area contributed by atoms with Crippen LogP contribution in [0.15, 0.2) is 60.7 Å². The van der Waals surface area contributed by atoms with Gasteiger partial charge in [-0.3, -0.25) is 4.79 Å². The summed E-state index contributed by atoms with van der Waals surface area (Å²) in [6, 6.07) is 17.3. The summed E-state index contributed by atoms with van der Waals surface area (Å²) in [6.07, 6.45) is 1.44. The molecule has 0 spiro atoms. The molecule has 19 heavy (non-hydrogen) atoms. The molecular formula is C16H15NO2. The van der Waals surface area contributed by atoms with Gasteiger partial charge in [0.2, 0.25) is 11.8 Å². The van der Waals surface area contributed by atoms with E-state index in [1.807, 2.05) is 36.4 Å². The first-order valence-corrected chi connectivity index (χ1v) is 6.13. The fraction of sp³-hybridized carbons (Fsp3) is 0.125. The zero-order chi connectivity index (χ0) is 13.7. The first-order chi connectivity index (χ1) is 9.18. The van der Waals surface area contributed by atoms with Crippen LogP contribution in [0.1, 0.15) is 22.8 Å². The molecular weight excluding hydrogens is 238 g/mol. The van der Waals surface area contributed by atoms with Crippen molar-refractivity contribution in [2.24, 2.45) is 0 Å². The number of nitrogens with zero attached hydrogens (tertiary/aromatic N) is 1. The van der Waals surface area contributed by atoms with Gasteiger partial charge in [-0.2, -0.15) is 0 Å². The monoisotopic (exact) mass is 253 g/mol. The molecule has 0 heterocycles. The number of benzene rings is 2. The van der Waals surface area contributed by atoms with E-state index in [0.29, 0.717) is 10.3 Å². The molecule has 0 aromatic heterocycles. The van der Waals surface area contributed by atoms with Crippen molar-refractivity contribution in [1.82, 2.24) is 0 Å². The normalized spacial score (nSPS) is 13.0. The van der Waals surface area contributed by atoms with Gasteiger partial charge in [-0.05, 0) is 12.1 Å². The van der Waals surface area contributed by atoms with Crippen molar-refractivity contribution in [2.75, 3.05) is 0 Å². The Hall–Kier alpha value is -2.42. The second-order valence-electron chi connectivity index (χ2n) is 4.31. The van der Waals surface area contributed by atoms with E-state index in [0.717, 1.165) is 5.56 Å². The molecule has 1 unspecified atom stereocenters. The summed E-state index contributed by atoms with van der Waals surface area (Å²) >= 11 is 0. The lowest BCUT2D eigenvalue weighted by molar-refractivity contribution is -0.473. The lowest BCUT2D eigenvalue weighted by atomic mass is 10.1. The Morgan fingerprint density at radius 1 is 1.05 bits per heavy atom. The molecule has 3 nitrogen and oxygen atoms in total. The Morgan fingerprint density at radius 2 is 1.58 bits per heavy atom. The lowest BCUT2D eigenvalue weighted by Gasteiger charge is -2.11. The van der Waals surface area contributed by atoms with Crippen LogP contribution in [0.2, 0.25) is 0 Å². The summed E-state index contributed by atoms with van der Waals surface area (Å²) in [5.74, 6) is -0.178. The van der Waals surface area contributed by atoms with Gasteiger partial charge in [0.05, 0.1) is 0 Å². The lowest BCUT2D eigenvalue weighted by Crippen LogP contribution is -2.28. The van der Waals surface area contributed by atoms with Crippen LogP contribution in [0.3, 0.4) is 0 Å². The first-order valence-electron chi connectivity index (χ1n) is 6.13. The Bertz CT molecular complexity index is 576. The summed E-state index contributed by atoms with van der Waals surface area (Å²) in [5, 5.41) is 12.0. The molecule has 0 aliphatic rings. The number of carbonyl (C=O) groups is 1. The van der Waals surface area contributed by atoms with Crippen molar-refractivity contribution < 1.29 is 9.53 Å². The maximum atomic E-state index is 12.1. The third kappa shape index (κ3) is 3.28. The second-order valence-corrected chi connectivity index (χ2v) is 4.31. The van der Waals surface area contributed by atoms with Gasteiger partial charge >= 0.3 is 0 Å². The molecule has 0 radical (unpaired) electrons. The summed E-state index contributed by atoms with van der Waals surface area (Å²) in [4.78, 5) is 12.1. The van der Waals surface area contributed by atoms with E-state index in [1.54, 1.807) is 31.2 Å². The minimum atomic E-state index is -0.734. The van der Waals surface area contributed by atoms with E-state index < -0.39 is 6.04 Å². The number of Topliss-reactive ketones (excluding diaryl/α,β-unsaturated/α-hetero) is 1. The maximum absolute atomic E-state index is 12.1. The summed E-state index contributed by atoms with van der Waals surface area (Å²) in [6.45, 7) is 1.61. The molecule has 0 amide bonds. The molecule has 2 aromatic rings. The Morgan fingerprint density at radius 3 is 2.16 bits per heavy atom. The Balaban J connectivity index is 2.18. The van der Waals surface area contributed by atoms with Gasteiger partial charge in [-0.15, -0.1) is 0 Å². The molecule has 2 rings (SSSR count). The van der Waals surface area contributed by atoms with Crippen LogP contribution in [0.4, 0.5) is 0 Å². The molecule has 2 aromatic carbocycles. The van der Waals surface area contributed by atoms with Gasteiger partial charge in [0.15, 0.2) is 6.21 Å². The SMILES string of the molecule is CC(C(=O)c1ccccc1)/[N+]([O-])=C\c1ccccc1. The van der Waals surface area contributed by atoms with Crippen LogP contribution in [-0.4, -0.2) is 22.8 Å². The maximum Gasteiger partial charge on any atom is 0.231 e. The molecule has 0 bridgehead atoms. The van der Waals surface area contributed by atoms with Gasteiger partial charge in [0.1, 0.15) is 0 Å². The average molecular weight is 253 g/mol. The fourth-order valence-corrected chi connectivity index (χ4v) is 1.76. The summed E-state index contributed by atoms with van der Waals surface area (Å²) in [7, 11) is 0. The summed E-state index contributed by atoms with van der Waals surface area (Å²) in [5.41, 5.74) is 1.34. The van der Waals surface area contributed by atoms with Gasteiger partial charge in [-0.1, -0.05) is 48.5 Å². The van der Waals surface area contributed by atoms with Crippen LogP contribution < -0.4 is 0 Å². The minimum Gasteiger partial charge on any atom is -0.623 e. The third-order valence-electron chi connectivity index (χ3n) is 2.90. The fourth-order valence-electron chi connectivity index (χ4n) is 1.76. The van der Waals surface area contributed by atoms with Gasteiger partial charge in [0, 0.05) is 18.1 Å². The first kappa shape index (κ1) is 13.0. The molecule has 3 heteroatoms. The molecule has 0 aliphatic heterocycles. The highest BCUT2D eigenvalue weighted by molar-refractivity contribution is 5.99. The number of hydroxylamine groups is 1. The number of hydrogen-bond acceptors (Lipinski definition) is 2. The highest BCUT2D eigenvalue weighted by Crippen LogP contribution is 2.06. The van der Waals surface area contributed by atoms with Crippen LogP contribution in [-0.2, 0) is 0 Å². The average Bonchev–Trinajstić information content (AvgIpc) is 2.47. The van der Waals surface area contributed by atoms with Gasteiger partial charge in [0.25, 0.3) is 0 Å². The van der Waals surface area contributed by atoms with Crippen LogP contribution in [0.5, 0.6) is 0 Å². The topological polar surface area (TPSA) is 43.1 Å². The van der Waals surface area contributed by atoms with Gasteiger partial charge in [-0.25, -0.2) is 4.74 Å². The molecule has 0 saturated heterocycles. The molecule has 0 N–H and O–H groups in total. The molecule has 0 fully saturated rings. The van der Waals surface area contributed by atoms with E-state index in [2.05, 4.69) is 0 Å². The van der Waals surface area contributed by atoms with Gasteiger partial charge < -0.3 is 5.21 Å². The molecule has 0 aliphatic carbocycles. The van der Waals surface area contributed by atoms with Crippen LogP contribution >= 0.6 is 0 Å². The van der Waals surface area contributed by atoms with Crippen molar-refractivity contribution in [1.29, 1.82) is 0 Å². The second kappa shape index (κ2) is 5.96. The van der Waals surface area contributed by atoms with E-state index >= 15 is 0 Å². The zero-order valence-electron chi connectivity index (χ0n) is 10.7. The largest absolute Gasteiger partial charge is 0.623 e. The van der Waals surface area contributed by atoms with Crippen molar-refractivity contribution >= 4 is 12.0 Å². The van der Waals surface area contributed by atoms with Crippen molar-refractivity contribution in [2.45, 2.75) is 13.0 Å².